The second-order valence-electron chi connectivity index (χ2n) is 4.47. The monoisotopic (exact) mass is 208 g/mol. The third-order valence-electron chi connectivity index (χ3n) is 3.35. The molecule has 2 N–H and O–H groups in total. The summed E-state index contributed by atoms with van der Waals surface area (Å²) >= 11 is 1.88. The van der Waals surface area contributed by atoms with Crippen molar-refractivity contribution in [1.82, 2.24) is 4.98 Å². The molecule has 0 atom stereocenters. The standard InChI is InChI=1S/C11H16N2S/c12-6-9-10(7-4-5-7)13-11(14-9)8-2-1-3-8/h7-8H,1-6,12H2. The van der Waals surface area contributed by atoms with Crippen LogP contribution in [0.3, 0.4) is 0 Å². The van der Waals surface area contributed by atoms with Crippen molar-refractivity contribution >= 4 is 11.3 Å². The summed E-state index contributed by atoms with van der Waals surface area (Å²) in [5.41, 5.74) is 7.11. The van der Waals surface area contributed by atoms with E-state index >= 15 is 0 Å². The SMILES string of the molecule is NCc1sc(C2CCC2)nc1C1CC1. The molecule has 1 aromatic rings. The molecule has 0 radical (unpaired) electrons. The van der Waals surface area contributed by atoms with E-state index in [2.05, 4.69) is 0 Å². The molecule has 3 heteroatoms. The van der Waals surface area contributed by atoms with Crippen LogP contribution in [-0.2, 0) is 6.54 Å². The number of hydrogen-bond donors (Lipinski definition) is 1. The van der Waals surface area contributed by atoms with Gasteiger partial charge in [-0.1, -0.05) is 6.42 Å². The number of aromatic nitrogens is 1. The van der Waals surface area contributed by atoms with Crippen LogP contribution in [0.1, 0.15) is 59.5 Å². The number of nitrogens with zero attached hydrogens (tertiary/aromatic N) is 1. The third kappa shape index (κ3) is 1.39. The van der Waals surface area contributed by atoms with E-state index in [0.29, 0.717) is 6.54 Å². The van der Waals surface area contributed by atoms with Crippen molar-refractivity contribution in [3.8, 4) is 0 Å². The van der Waals surface area contributed by atoms with Gasteiger partial charge in [0.1, 0.15) is 0 Å². The molecule has 3 rings (SSSR count). The summed E-state index contributed by atoms with van der Waals surface area (Å²) in [5, 5.41) is 1.37. The Balaban J connectivity index is 1.89. The summed E-state index contributed by atoms with van der Waals surface area (Å²) in [5.74, 6) is 1.54. The molecule has 2 fully saturated rings. The average molecular weight is 208 g/mol. The summed E-state index contributed by atoms with van der Waals surface area (Å²) in [6.07, 6.45) is 6.76. The fourth-order valence-electron chi connectivity index (χ4n) is 2.03. The van der Waals surface area contributed by atoms with Gasteiger partial charge >= 0.3 is 0 Å². The molecule has 0 bridgehead atoms. The molecule has 2 aliphatic carbocycles. The van der Waals surface area contributed by atoms with Gasteiger partial charge < -0.3 is 5.73 Å². The molecule has 1 heterocycles. The Morgan fingerprint density at radius 1 is 1.21 bits per heavy atom. The van der Waals surface area contributed by atoms with Crippen LogP contribution in [0.15, 0.2) is 0 Å². The molecule has 76 valence electrons. The van der Waals surface area contributed by atoms with Crippen LogP contribution in [0.4, 0.5) is 0 Å². The van der Waals surface area contributed by atoms with Crippen LogP contribution >= 0.6 is 11.3 Å². The minimum Gasteiger partial charge on any atom is -0.326 e. The van der Waals surface area contributed by atoms with Crippen molar-refractivity contribution in [1.29, 1.82) is 0 Å². The van der Waals surface area contributed by atoms with Gasteiger partial charge in [-0.3, -0.25) is 0 Å². The van der Waals surface area contributed by atoms with Crippen LogP contribution in [-0.4, -0.2) is 4.98 Å². The predicted octanol–water partition coefficient (Wildman–Crippen LogP) is 2.75. The lowest BCUT2D eigenvalue weighted by atomic mass is 9.86. The molecule has 0 aliphatic heterocycles. The Bertz CT molecular complexity index is 337. The number of thiazole rings is 1. The predicted molar refractivity (Wildman–Crippen MR) is 58.6 cm³/mol. The molecule has 2 aliphatic rings. The fraction of sp³-hybridized carbons (Fsp3) is 0.727. The first-order valence-corrected chi connectivity index (χ1v) is 6.39. The Hall–Kier alpha value is -0.410. The smallest absolute Gasteiger partial charge is 0.0962 e. The van der Waals surface area contributed by atoms with Gasteiger partial charge in [-0.15, -0.1) is 11.3 Å². The van der Waals surface area contributed by atoms with E-state index in [9.17, 15) is 0 Å². The van der Waals surface area contributed by atoms with Gasteiger partial charge in [0.05, 0.1) is 10.7 Å². The molecule has 0 saturated heterocycles. The summed E-state index contributed by atoms with van der Waals surface area (Å²) in [6, 6.07) is 0. The normalized spacial score (nSPS) is 22.4. The van der Waals surface area contributed by atoms with Crippen molar-refractivity contribution in [2.24, 2.45) is 5.73 Å². The quantitative estimate of drug-likeness (QED) is 0.829. The number of nitrogens with two attached hydrogens (primary N) is 1. The highest BCUT2D eigenvalue weighted by atomic mass is 32.1. The van der Waals surface area contributed by atoms with Crippen molar-refractivity contribution in [2.75, 3.05) is 0 Å². The molecule has 14 heavy (non-hydrogen) atoms. The van der Waals surface area contributed by atoms with Crippen molar-refractivity contribution < 1.29 is 0 Å². The Morgan fingerprint density at radius 2 is 2.00 bits per heavy atom. The maximum atomic E-state index is 5.76. The molecule has 0 aromatic carbocycles. The average Bonchev–Trinajstić information content (AvgIpc) is 2.85. The maximum absolute atomic E-state index is 5.76. The highest BCUT2D eigenvalue weighted by Crippen LogP contribution is 2.46. The largest absolute Gasteiger partial charge is 0.326 e. The summed E-state index contributed by atoms with van der Waals surface area (Å²) in [7, 11) is 0. The first kappa shape index (κ1) is 8.86. The molecular weight excluding hydrogens is 192 g/mol. The summed E-state index contributed by atoms with van der Waals surface area (Å²) < 4.78 is 0. The maximum Gasteiger partial charge on any atom is 0.0962 e. The molecular formula is C11H16N2S. The van der Waals surface area contributed by atoms with Gasteiger partial charge in [0.15, 0.2) is 0 Å². The van der Waals surface area contributed by atoms with Gasteiger partial charge in [0, 0.05) is 23.3 Å². The second-order valence-corrected chi connectivity index (χ2v) is 5.58. The van der Waals surface area contributed by atoms with Crippen LogP contribution in [0, 0.1) is 0 Å². The Labute approximate surface area is 88.5 Å². The van der Waals surface area contributed by atoms with Gasteiger partial charge in [0.25, 0.3) is 0 Å². The van der Waals surface area contributed by atoms with Crippen LogP contribution in [0.25, 0.3) is 0 Å². The Kier molecular flexibility index (Phi) is 2.10. The molecule has 0 unspecified atom stereocenters. The summed E-state index contributed by atoms with van der Waals surface area (Å²) in [4.78, 5) is 6.16. The lowest BCUT2D eigenvalue weighted by molar-refractivity contribution is 0.417. The fourth-order valence-corrected chi connectivity index (χ4v) is 3.23. The first-order valence-electron chi connectivity index (χ1n) is 5.58. The zero-order valence-corrected chi connectivity index (χ0v) is 9.15. The van der Waals surface area contributed by atoms with Gasteiger partial charge in [-0.25, -0.2) is 4.98 Å². The Morgan fingerprint density at radius 3 is 2.50 bits per heavy atom. The molecule has 1 aromatic heterocycles. The van der Waals surface area contributed by atoms with E-state index in [1.54, 1.807) is 0 Å². The van der Waals surface area contributed by atoms with Gasteiger partial charge in [-0.05, 0) is 25.7 Å². The minimum absolute atomic E-state index is 0.691. The highest BCUT2D eigenvalue weighted by Gasteiger charge is 2.31. The third-order valence-corrected chi connectivity index (χ3v) is 4.60. The molecule has 2 nitrogen and oxygen atoms in total. The van der Waals surface area contributed by atoms with E-state index < -0.39 is 0 Å². The van der Waals surface area contributed by atoms with E-state index in [1.807, 2.05) is 11.3 Å². The van der Waals surface area contributed by atoms with Crippen LogP contribution < -0.4 is 5.73 Å². The van der Waals surface area contributed by atoms with Gasteiger partial charge in [0.2, 0.25) is 0 Å². The zero-order valence-electron chi connectivity index (χ0n) is 8.33. The van der Waals surface area contributed by atoms with E-state index in [4.69, 9.17) is 10.7 Å². The van der Waals surface area contributed by atoms with Gasteiger partial charge in [-0.2, -0.15) is 0 Å². The zero-order chi connectivity index (χ0) is 9.54. The van der Waals surface area contributed by atoms with E-state index in [1.165, 1.54) is 47.7 Å². The summed E-state index contributed by atoms with van der Waals surface area (Å²) in [6.45, 7) is 0.691. The first-order chi connectivity index (χ1) is 6.88. The molecule has 2 saturated carbocycles. The number of hydrogen-bond acceptors (Lipinski definition) is 3. The van der Waals surface area contributed by atoms with Crippen molar-refractivity contribution in [3.63, 3.8) is 0 Å². The lowest BCUT2D eigenvalue weighted by Crippen LogP contribution is -2.08. The molecule has 0 amide bonds. The van der Waals surface area contributed by atoms with E-state index in [0.717, 1.165) is 11.8 Å². The molecule has 0 spiro atoms. The topological polar surface area (TPSA) is 38.9 Å². The van der Waals surface area contributed by atoms with Crippen LogP contribution in [0.5, 0.6) is 0 Å². The second kappa shape index (κ2) is 3.31. The van der Waals surface area contributed by atoms with E-state index in [-0.39, 0.29) is 0 Å². The lowest BCUT2D eigenvalue weighted by Gasteiger charge is -2.22. The highest BCUT2D eigenvalue weighted by molar-refractivity contribution is 7.11. The minimum atomic E-state index is 0.691. The number of rotatable bonds is 3. The van der Waals surface area contributed by atoms with Crippen LogP contribution in [0.2, 0.25) is 0 Å². The van der Waals surface area contributed by atoms with Crippen molar-refractivity contribution in [3.05, 3.63) is 15.6 Å². The van der Waals surface area contributed by atoms with Crippen molar-refractivity contribution in [2.45, 2.75) is 50.5 Å².